The van der Waals surface area contributed by atoms with E-state index < -0.39 is 24.1 Å². The van der Waals surface area contributed by atoms with Gasteiger partial charge in [0.2, 0.25) is 0 Å². The van der Waals surface area contributed by atoms with E-state index in [1.54, 1.807) is 6.92 Å². The summed E-state index contributed by atoms with van der Waals surface area (Å²) in [6, 6.07) is 4.51. The van der Waals surface area contributed by atoms with Crippen LogP contribution in [0.2, 0.25) is 0 Å². The molecule has 0 saturated heterocycles. The van der Waals surface area contributed by atoms with Gasteiger partial charge in [0.25, 0.3) is 5.67 Å². The van der Waals surface area contributed by atoms with Crippen LogP contribution >= 0.6 is 0 Å². The molecule has 0 aliphatic heterocycles. The van der Waals surface area contributed by atoms with Gasteiger partial charge >= 0.3 is 6.18 Å². The molecule has 0 N–H and O–H groups in total. The maximum atomic E-state index is 13.4. The number of benzene rings is 1. The lowest BCUT2D eigenvalue weighted by Gasteiger charge is -2.25. The van der Waals surface area contributed by atoms with Gasteiger partial charge in [0, 0.05) is 5.56 Å². The molecule has 0 saturated carbocycles. The van der Waals surface area contributed by atoms with Gasteiger partial charge in [-0.2, -0.15) is 13.2 Å². The first-order valence-electron chi connectivity index (χ1n) is 4.20. The van der Waals surface area contributed by atoms with Gasteiger partial charge in [-0.05, 0) is 6.92 Å². The van der Waals surface area contributed by atoms with Crippen LogP contribution in [0, 0.1) is 6.92 Å². The first kappa shape index (κ1) is 11.9. The van der Waals surface area contributed by atoms with Crippen molar-refractivity contribution in [3.63, 3.8) is 0 Å². The molecule has 0 aliphatic rings. The van der Waals surface area contributed by atoms with E-state index in [0.29, 0.717) is 5.56 Å². The molecule has 0 aliphatic carbocycles. The highest BCUT2D eigenvalue weighted by molar-refractivity contribution is 5.28. The second-order valence-corrected chi connectivity index (χ2v) is 3.30. The Balaban J connectivity index is 3.18. The summed E-state index contributed by atoms with van der Waals surface area (Å²) in [5.74, 6) is 0. The predicted octanol–water partition coefficient (Wildman–Crippen LogP) is 3.69. The fraction of sp³-hybridized carbons (Fsp3) is 0.400. The largest absolute Gasteiger partial charge is 0.429 e. The normalized spacial score (nSPS) is 16.1. The molecule has 0 nitrogen and oxygen atoms in total. The zero-order valence-corrected chi connectivity index (χ0v) is 7.91. The summed E-state index contributed by atoms with van der Waals surface area (Å²) in [6.07, 6.45) is -5.24. The highest BCUT2D eigenvalue weighted by Crippen LogP contribution is 2.42. The van der Waals surface area contributed by atoms with Crippen LogP contribution in [0.1, 0.15) is 11.1 Å². The molecule has 0 bridgehead atoms. The van der Waals surface area contributed by atoms with Crippen LogP contribution < -0.4 is 0 Å². The summed E-state index contributed by atoms with van der Waals surface area (Å²) < 4.78 is 62.4. The number of rotatable bonds is 2. The van der Waals surface area contributed by atoms with Crippen molar-refractivity contribution in [2.75, 3.05) is 6.67 Å². The van der Waals surface area contributed by atoms with Crippen molar-refractivity contribution >= 4 is 0 Å². The Bertz CT molecular complexity index is 327. The Labute approximate surface area is 83.7 Å². The van der Waals surface area contributed by atoms with Gasteiger partial charge in [-0.25, -0.2) is 8.78 Å². The average molecular weight is 224 g/mol. The lowest BCUT2D eigenvalue weighted by Crippen LogP contribution is -2.40. The lowest BCUT2D eigenvalue weighted by atomic mass is 9.96. The van der Waals surface area contributed by atoms with Crippen molar-refractivity contribution in [1.29, 1.82) is 0 Å². The Kier molecular flexibility index (Phi) is 3.02. The molecule has 0 heterocycles. The summed E-state index contributed by atoms with van der Waals surface area (Å²) in [5.41, 5.74) is -3.93. The van der Waals surface area contributed by atoms with Gasteiger partial charge in [-0.1, -0.05) is 29.8 Å². The molecular weight excluding hydrogens is 215 g/mol. The molecule has 1 atom stereocenters. The monoisotopic (exact) mass is 224 g/mol. The van der Waals surface area contributed by atoms with Gasteiger partial charge in [0.05, 0.1) is 0 Å². The molecule has 1 aromatic rings. The molecule has 5 heteroatoms. The fourth-order valence-electron chi connectivity index (χ4n) is 1.13. The topological polar surface area (TPSA) is 0 Å². The second kappa shape index (κ2) is 3.79. The standard InChI is InChI=1S/C10H9F5/c1-7-2-4-8(5-3-7)9(12,6-11)10(13,14)15/h2-5H,6H2,1H3/t9-/m1/s1. The van der Waals surface area contributed by atoms with Crippen molar-refractivity contribution in [3.05, 3.63) is 35.4 Å². The predicted molar refractivity (Wildman–Crippen MR) is 46.0 cm³/mol. The third kappa shape index (κ3) is 2.11. The van der Waals surface area contributed by atoms with Crippen LogP contribution in [0.25, 0.3) is 0 Å². The fourth-order valence-corrected chi connectivity index (χ4v) is 1.13. The summed E-state index contributed by atoms with van der Waals surface area (Å²) in [7, 11) is 0. The number of alkyl halides is 5. The lowest BCUT2D eigenvalue weighted by molar-refractivity contribution is -0.240. The molecule has 84 valence electrons. The minimum absolute atomic E-state index is 0.683. The highest BCUT2D eigenvalue weighted by atomic mass is 19.4. The smallest absolute Gasteiger partial charge is 0.247 e. The number of halogens is 5. The maximum Gasteiger partial charge on any atom is 0.429 e. The minimum atomic E-state index is -5.24. The molecule has 0 unspecified atom stereocenters. The van der Waals surface area contributed by atoms with E-state index in [1.807, 2.05) is 0 Å². The number of aryl methyl sites for hydroxylation is 1. The van der Waals surface area contributed by atoms with E-state index in [2.05, 4.69) is 0 Å². The molecule has 0 aromatic heterocycles. The van der Waals surface area contributed by atoms with Crippen molar-refractivity contribution in [3.8, 4) is 0 Å². The highest BCUT2D eigenvalue weighted by Gasteiger charge is 2.57. The van der Waals surface area contributed by atoms with Crippen molar-refractivity contribution in [1.82, 2.24) is 0 Å². The van der Waals surface area contributed by atoms with E-state index in [0.717, 1.165) is 12.1 Å². The van der Waals surface area contributed by atoms with E-state index in [9.17, 15) is 22.0 Å². The van der Waals surface area contributed by atoms with Crippen LogP contribution in [0.5, 0.6) is 0 Å². The summed E-state index contributed by atoms with van der Waals surface area (Å²) in [6.45, 7) is -0.466. The van der Waals surface area contributed by atoms with Crippen molar-refractivity contribution in [2.45, 2.75) is 18.8 Å². The number of hydrogen-bond acceptors (Lipinski definition) is 0. The molecule has 0 amide bonds. The quantitative estimate of drug-likeness (QED) is 0.672. The molecular formula is C10H9F5. The zero-order chi connectivity index (χ0) is 11.7. The first-order valence-corrected chi connectivity index (χ1v) is 4.20. The molecule has 1 aromatic carbocycles. The Hall–Kier alpha value is -1.13. The van der Waals surface area contributed by atoms with E-state index in [1.165, 1.54) is 12.1 Å². The van der Waals surface area contributed by atoms with Gasteiger partial charge in [-0.15, -0.1) is 0 Å². The minimum Gasteiger partial charge on any atom is -0.247 e. The third-order valence-electron chi connectivity index (χ3n) is 2.14. The van der Waals surface area contributed by atoms with E-state index in [4.69, 9.17) is 0 Å². The van der Waals surface area contributed by atoms with Crippen LogP contribution in [-0.4, -0.2) is 12.9 Å². The Morgan fingerprint density at radius 2 is 1.47 bits per heavy atom. The summed E-state index contributed by atoms with van der Waals surface area (Å²) >= 11 is 0. The molecule has 0 radical (unpaired) electrons. The van der Waals surface area contributed by atoms with E-state index >= 15 is 0 Å². The maximum absolute atomic E-state index is 13.4. The molecule has 15 heavy (non-hydrogen) atoms. The number of hydrogen-bond donors (Lipinski definition) is 0. The van der Waals surface area contributed by atoms with Gasteiger partial charge < -0.3 is 0 Å². The second-order valence-electron chi connectivity index (χ2n) is 3.30. The Morgan fingerprint density at radius 3 is 1.80 bits per heavy atom. The van der Waals surface area contributed by atoms with Crippen LogP contribution in [0.15, 0.2) is 24.3 Å². The van der Waals surface area contributed by atoms with Crippen LogP contribution in [0.4, 0.5) is 22.0 Å². The van der Waals surface area contributed by atoms with Crippen molar-refractivity contribution < 1.29 is 22.0 Å². The molecule has 0 fully saturated rings. The Morgan fingerprint density at radius 1 is 1.00 bits per heavy atom. The first-order chi connectivity index (χ1) is 6.81. The SMILES string of the molecule is Cc1ccc([C@](F)(CF)C(F)(F)F)cc1. The van der Waals surface area contributed by atoms with Crippen molar-refractivity contribution in [2.24, 2.45) is 0 Å². The zero-order valence-electron chi connectivity index (χ0n) is 7.91. The van der Waals surface area contributed by atoms with Gasteiger partial charge in [0.1, 0.15) is 6.67 Å². The molecule has 1 rings (SSSR count). The van der Waals surface area contributed by atoms with Gasteiger partial charge in [-0.3, -0.25) is 0 Å². The third-order valence-corrected chi connectivity index (χ3v) is 2.14. The average Bonchev–Trinajstić information content (AvgIpc) is 2.16. The molecule has 0 spiro atoms. The van der Waals surface area contributed by atoms with Crippen LogP contribution in [-0.2, 0) is 5.67 Å². The van der Waals surface area contributed by atoms with Crippen LogP contribution in [0.3, 0.4) is 0 Å². The van der Waals surface area contributed by atoms with E-state index in [-0.39, 0.29) is 0 Å². The summed E-state index contributed by atoms with van der Waals surface area (Å²) in [5, 5.41) is 0. The van der Waals surface area contributed by atoms with Gasteiger partial charge in [0.15, 0.2) is 0 Å². The summed E-state index contributed by atoms with van der Waals surface area (Å²) in [4.78, 5) is 0.